The number of carbonyl (C=O) groups excluding carboxylic acids is 1. The Kier molecular flexibility index (Phi) is 3.51. The minimum Gasteiger partial charge on any atom is -0.335 e. The van der Waals surface area contributed by atoms with E-state index in [0.29, 0.717) is 11.6 Å². The van der Waals surface area contributed by atoms with Crippen LogP contribution in [0.25, 0.3) is 10.2 Å². The molecule has 1 N–H and O–H groups in total. The summed E-state index contributed by atoms with van der Waals surface area (Å²) in [5.74, 6) is 0.0596. The van der Waals surface area contributed by atoms with Gasteiger partial charge in [-0.2, -0.15) is 12.7 Å². The average molecular weight is 353 g/mol. The molecule has 0 unspecified atom stereocenters. The van der Waals surface area contributed by atoms with Gasteiger partial charge in [-0.05, 0) is 49.1 Å². The highest BCUT2D eigenvalue weighted by molar-refractivity contribution is 7.87. The molecular weight excluding hydrogens is 334 g/mol. The normalized spacial score (nSPS) is 18.7. The van der Waals surface area contributed by atoms with Gasteiger partial charge in [-0.1, -0.05) is 0 Å². The van der Waals surface area contributed by atoms with Gasteiger partial charge in [-0.15, -0.1) is 11.3 Å². The number of amides is 1. The monoisotopic (exact) mass is 353 g/mol. The van der Waals surface area contributed by atoms with Gasteiger partial charge in [0.1, 0.15) is 5.69 Å². The molecule has 2 heterocycles. The summed E-state index contributed by atoms with van der Waals surface area (Å²) < 4.78 is 31.0. The maximum atomic E-state index is 12.6. The largest absolute Gasteiger partial charge is 0.335 e. The topological polar surface area (TPSA) is 71.4 Å². The molecule has 0 radical (unpaired) electrons. The highest BCUT2D eigenvalue weighted by Gasteiger charge is 2.35. The predicted molar refractivity (Wildman–Crippen MR) is 89.7 cm³/mol. The summed E-state index contributed by atoms with van der Waals surface area (Å²) in [5, 5.41) is 1.99. The zero-order valence-corrected chi connectivity index (χ0v) is 14.5. The van der Waals surface area contributed by atoms with Gasteiger partial charge < -0.3 is 4.57 Å². The van der Waals surface area contributed by atoms with E-state index in [2.05, 4.69) is 4.72 Å². The second kappa shape index (κ2) is 5.32. The molecule has 8 heteroatoms. The Morgan fingerprint density at radius 2 is 2.13 bits per heavy atom. The molecule has 0 spiro atoms. The highest BCUT2D eigenvalue weighted by atomic mass is 32.2. The molecule has 2 aromatic heterocycles. The quantitative estimate of drug-likeness (QED) is 0.865. The number of hydrogen-bond acceptors (Lipinski definition) is 4. The Hall–Kier alpha value is -1.38. The van der Waals surface area contributed by atoms with Gasteiger partial charge in [0.05, 0.1) is 10.2 Å². The van der Waals surface area contributed by atoms with Crippen LogP contribution < -0.4 is 4.72 Å². The Labute approximate surface area is 139 Å². The van der Waals surface area contributed by atoms with E-state index < -0.39 is 16.1 Å². The second-order valence-corrected chi connectivity index (χ2v) is 9.12. The number of nitrogens with one attached hydrogen (secondary N) is 1. The number of rotatable bonds is 6. The first kappa shape index (κ1) is 15.2. The fraction of sp³-hybridized carbons (Fsp3) is 0.533. The standard InChI is InChI=1S/C15H19N3O3S2/c1-17(11-4-5-11)23(20,21)16-15(19)13-8-14-12(6-7-22-14)18(13)9-10-2-3-10/h6-8,10-11H,2-5,9H2,1H3,(H,16,19). The zero-order valence-electron chi connectivity index (χ0n) is 12.9. The molecule has 0 bridgehead atoms. The van der Waals surface area contributed by atoms with Crippen molar-refractivity contribution in [1.29, 1.82) is 0 Å². The lowest BCUT2D eigenvalue weighted by atomic mass is 10.3. The van der Waals surface area contributed by atoms with Gasteiger partial charge in [0.15, 0.2) is 0 Å². The Balaban J connectivity index is 1.62. The summed E-state index contributed by atoms with van der Waals surface area (Å²) in [6.07, 6.45) is 4.07. The number of nitrogens with zero attached hydrogens (tertiary/aromatic N) is 2. The van der Waals surface area contributed by atoms with Crippen molar-refractivity contribution >= 4 is 37.7 Å². The minimum atomic E-state index is -3.77. The minimum absolute atomic E-state index is 0.0297. The SMILES string of the molecule is CN(C1CC1)S(=O)(=O)NC(=O)c1cc2sccc2n1CC1CC1. The van der Waals surface area contributed by atoms with E-state index in [1.807, 2.05) is 16.0 Å². The van der Waals surface area contributed by atoms with Gasteiger partial charge in [-0.3, -0.25) is 4.79 Å². The molecule has 4 rings (SSSR count). The molecule has 23 heavy (non-hydrogen) atoms. The van der Waals surface area contributed by atoms with Crippen molar-refractivity contribution in [1.82, 2.24) is 13.6 Å². The van der Waals surface area contributed by atoms with Crippen LogP contribution in [0.1, 0.15) is 36.2 Å². The van der Waals surface area contributed by atoms with Crippen molar-refractivity contribution in [3.63, 3.8) is 0 Å². The van der Waals surface area contributed by atoms with Crippen LogP contribution in [0, 0.1) is 5.92 Å². The second-order valence-electron chi connectivity index (χ2n) is 6.44. The molecule has 0 aliphatic heterocycles. The highest BCUT2D eigenvalue weighted by Crippen LogP contribution is 2.34. The lowest BCUT2D eigenvalue weighted by molar-refractivity contribution is 0.0970. The summed E-state index contributed by atoms with van der Waals surface area (Å²) in [5.41, 5.74) is 1.45. The molecular formula is C15H19N3O3S2. The smallest absolute Gasteiger partial charge is 0.304 e. The maximum absolute atomic E-state index is 12.6. The first-order valence-corrected chi connectivity index (χ1v) is 10.1. The van der Waals surface area contributed by atoms with E-state index in [1.165, 1.54) is 24.2 Å². The third-order valence-electron chi connectivity index (χ3n) is 4.56. The lowest BCUT2D eigenvalue weighted by Gasteiger charge is -2.17. The first-order chi connectivity index (χ1) is 11.0. The first-order valence-electron chi connectivity index (χ1n) is 7.82. The van der Waals surface area contributed by atoms with E-state index in [0.717, 1.165) is 29.6 Å². The molecule has 0 aromatic carbocycles. The Morgan fingerprint density at radius 3 is 2.78 bits per heavy atom. The predicted octanol–water partition coefficient (Wildman–Crippen LogP) is 2.18. The summed E-state index contributed by atoms with van der Waals surface area (Å²) >= 11 is 1.57. The van der Waals surface area contributed by atoms with Crippen LogP contribution in [-0.2, 0) is 16.8 Å². The molecule has 0 atom stereocenters. The fourth-order valence-electron chi connectivity index (χ4n) is 2.80. The molecule has 2 saturated carbocycles. The third-order valence-corrected chi connectivity index (χ3v) is 6.91. The average Bonchev–Trinajstić information content (AvgIpc) is 3.39. The van der Waals surface area contributed by atoms with E-state index in [4.69, 9.17) is 0 Å². The van der Waals surface area contributed by atoms with Gasteiger partial charge in [-0.25, -0.2) is 4.72 Å². The number of carbonyl (C=O) groups is 1. The summed E-state index contributed by atoms with van der Waals surface area (Å²) in [4.78, 5) is 12.6. The van der Waals surface area contributed by atoms with Crippen LogP contribution >= 0.6 is 11.3 Å². The molecule has 0 saturated heterocycles. The third kappa shape index (κ3) is 2.90. The van der Waals surface area contributed by atoms with Crippen molar-refractivity contribution in [3.8, 4) is 0 Å². The van der Waals surface area contributed by atoms with Crippen LogP contribution in [-0.4, -0.2) is 36.3 Å². The number of hydrogen-bond donors (Lipinski definition) is 1. The molecule has 124 valence electrons. The maximum Gasteiger partial charge on any atom is 0.304 e. The van der Waals surface area contributed by atoms with E-state index in [9.17, 15) is 13.2 Å². The van der Waals surface area contributed by atoms with Crippen LogP contribution in [0.5, 0.6) is 0 Å². The fourth-order valence-corrected chi connectivity index (χ4v) is 4.70. The van der Waals surface area contributed by atoms with Crippen LogP contribution in [0.3, 0.4) is 0 Å². The molecule has 2 aliphatic carbocycles. The zero-order chi connectivity index (χ0) is 16.2. The molecule has 6 nitrogen and oxygen atoms in total. The van der Waals surface area contributed by atoms with Gasteiger partial charge in [0, 0.05) is 19.6 Å². The van der Waals surface area contributed by atoms with E-state index in [-0.39, 0.29) is 6.04 Å². The summed E-state index contributed by atoms with van der Waals surface area (Å²) in [6.45, 7) is 0.779. The molecule has 2 aromatic rings. The van der Waals surface area contributed by atoms with Crippen molar-refractivity contribution in [2.45, 2.75) is 38.3 Å². The number of aromatic nitrogens is 1. The number of fused-ring (bicyclic) bond motifs is 1. The van der Waals surface area contributed by atoms with Crippen LogP contribution in [0.2, 0.25) is 0 Å². The van der Waals surface area contributed by atoms with Crippen molar-refractivity contribution < 1.29 is 13.2 Å². The van der Waals surface area contributed by atoms with E-state index >= 15 is 0 Å². The van der Waals surface area contributed by atoms with Crippen LogP contribution in [0.15, 0.2) is 17.5 Å². The van der Waals surface area contributed by atoms with Crippen molar-refractivity contribution in [3.05, 3.63) is 23.2 Å². The van der Waals surface area contributed by atoms with Gasteiger partial charge in [0.2, 0.25) is 0 Å². The van der Waals surface area contributed by atoms with Gasteiger partial charge in [0.25, 0.3) is 5.91 Å². The number of thiophene rings is 1. The Bertz CT molecular complexity index is 860. The summed E-state index contributed by atoms with van der Waals surface area (Å²) in [6, 6.07) is 3.82. The lowest BCUT2D eigenvalue weighted by Crippen LogP contribution is -2.43. The van der Waals surface area contributed by atoms with Crippen LogP contribution in [0.4, 0.5) is 0 Å². The van der Waals surface area contributed by atoms with Gasteiger partial charge >= 0.3 is 10.2 Å². The summed E-state index contributed by atoms with van der Waals surface area (Å²) in [7, 11) is -2.25. The molecule has 1 amide bonds. The Morgan fingerprint density at radius 1 is 1.39 bits per heavy atom. The molecule has 2 fully saturated rings. The van der Waals surface area contributed by atoms with Crippen molar-refractivity contribution in [2.24, 2.45) is 5.92 Å². The molecule has 2 aliphatic rings. The van der Waals surface area contributed by atoms with E-state index in [1.54, 1.807) is 17.4 Å². The van der Waals surface area contributed by atoms with Crippen molar-refractivity contribution in [2.75, 3.05) is 7.05 Å².